The summed E-state index contributed by atoms with van der Waals surface area (Å²) in [5.74, 6) is 0.316. The first-order valence-corrected chi connectivity index (χ1v) is 11.8. The van der Waals surface area contributed by atoms with Crippen LogP contribution in [0.5, 0.6) is 5.75 Å². The number of hydrogen-bond donors (Lipinski definition) is 0. The molecule has 10 nitrogen and oxygen atoms in total. The first-order valence-electron chi connectivity index (χ1n) is 10.4. The Morgan fingerprint density at radius 3 is 2.70 bits per heavy atom. The molecule has 0 unspecified atom stereocenters. The zero-order valence-electron chi connectivity index (χ0n) is 18.0. The molecule has 1 aliphatic heterocycles. The molecule has 2 heterocycles. The van der Waals surface area contributed by atoms with Gasteiger partial charge in [0.05, 0.1) is 35.8 Å². The van der Waals surface area contributed by atoms with Crippen molar-refractivity contribution in [3.05, 3.63) is 60.0 Å². The van der Waals surface area contributed by atoms with Crippen molar-refractivity contribution < 1.29 is 31.9 Å². The van der Waals surface area contributed by atoms with Gasteiger partial charge in [-0.3, -0.25) is 0 Å². The smallest absolute Gasteiger partial charge is 0.338 e. The van der Waals surface area contributed by atoms with Crippen molar-refractivity contribution in [3.8, 4) is 17.1 Å². The highest BCUT2D eigenvalue weighted by atomic mass is 32.2. The van der Waals surface area contributed by atoms with Crippen molar-refractivity contribution in [2.75, 3.05) is 32.9 Å². The number of aromatic nitrogens is 2. The average Bonchev–Trinajstić information content (AvgIpc) is 3.32. The molecule has 33 heavy (non-hydrogen) atoms. The Morgan fingerprint density at radius 2 is 1.91 bits per heavy atom. The summed E-state index contributed by atoms with van der Waals surface area (Å²) in [5, 5.41) is 3.93. The van der Waals surface area contributed by atoms with Crippen molar-refractivity contribution >= 4 is 16.0 Å². The third-order valence-electron chi connectivity index (χ3n) is 4.90. The Bertz CT molecular complexity index is 1220. The summed E-state index contributed by atoms with van der Waals surface area (Å²) in [5.41, 5.74) is 0.757. The van der Waals surface area contributed by atoms with Crippen molar-refractivity contribution in [2.45, 2.75) is 18.4 Å². The maximum absolute atomic E-state index is 12.8. The quantitative estimate of drug-likeness (QED) is 0.454. The Morgan fingerprint density at radius 1 is 1.12 bits per heavy atom. The second-order valence-corrected chi connectivity index (χ2v) is 9.00. The molecular formula is C22H23N3O7S. The molecule has 0 N–H and O–H groups in total. The minimum Gasteiger partial charge on any atom is -0.493 e. The summed E-state index contributed by atoms with van der Waals surface area (Å²) >= 11 is 0. The van der Waals surface area contributed by atoms with Gasteiger partial charge in [0, 0.05) is 13.1 Å². The molecule has 11 heteroatoms. The largest absolute Gasteiger partial charge is 0.493 e. The van der Waals surface area contributed by atoms with E-state index in [1.165, 1.54) is 28.6 Å². The number of para-hydroxylation sites is 1. The van der Waals surface area contributed by atoms with E-state index in [-0.39, 0.29) is 36.0 Å². The lowest BCUT2D eigenvalue weighted by molar-refractivity contribution is 0.0429. The van der Waals surface area contributed by atoms with Gasteiger partial charge in [-0.15, -0.1) is 0 Å². The summed E-state index contributed by atoms with van der Waals surface area (Å²) in [7, 11) is -3.73. The molecule has 2 aromatic carbocycles. The van der Waals surface area contributed by atoms with Crippen molar-refractivity contribution in [3.63, 3.8) is 0 Å². The molecule has 0 spiro atoms. The van der Waals surface area contributed by atoms with E-state index in [1.54, 1.807) is 12.1 Å². The number of carbonyl (C=O) groups is 1. The average molecular weight is 474 g/mol. The normalized spacial score (nSPS) is 14.7. The van der Waals surface area contributed by atoms with Gasteiger partial charge in [0.25, 0.3) is 5.89 Å². The van der Waals surface area contributed by atoms with Crippen LogP contribution in [-0.2, 0) is 26.1 Å². The van der Waals surface area contributed by atoms with E-state index in [0.717, 1.165) is 0 Å². The van der Waals surface area contributed by atoms with Gasteiger partial charge in [-0.2, -0.15) is 9.29 Å². The Balaban J connectivity index is 1.44. The molecule has 0 bridgehead atoms. The number of hydrogen-bond acceptors (Lipinski definition) is 9. The molecule has 1 aromatic heterocycles. The molecule has 1 aliphatic rings. The van der Waals surface area contributed by atoms with E-state index in [1.807, 2.05) is 19.1 Å². The van der Waals surface area contributed by atoms with Crippen LogP contribution >= 0.6 is 0 Å². The zero-order valence-corrected chi connectivity index (χ0v) is 18.8. The van der Waals surface area contributed by atoms with E-state index < -0.39 is 16.0 Å². The third kappa shape index (κ3) is 5.21. The monoisotopic (exact) mass is 473 g/mol. The number of ether oxygens (including phenoxy) is 3. The molecular weight excluding hydrogens is 450 g/mol. The van der Waals surface area contributed by atoms with Gasteiger partial charge in [0.15, 0.2) is 6.61 Å². The predicted molar refractivity (Wildman–Crippen MR) is 116 cm³/mol. The molecule has 0 amide bonds. The molecule has 1 saturated heterocycles. The number of morpholine rings is 1. The standard InChI is InChI=1S/C22H23N3O7S/c1-2-30-19-9-4-3-8-18(19)21-23-20(32-24-21)15-31-22(26)16-6-5-7-17(14-16)33(27,28)25-10-12-29-13-11-25/h3-9,14H,2,10-13,15H2,1H3. The molecule has 174 valence electrons. The Hall–Kier alpha value is -3.28. The van der Waals surface area contributed by atoms with Crippen LogP contribution in [0.2, 0.25) is 0 Å². The van der Waals surface area contributed by atoms with E-state index in [2.05, 4.69) is 10.1 Å². The van der Waals surface area contributed by atoms with Crippen LogP contribution in [-0.4, -0.2) is 61.7 Å². The van der Waals surface area contributed by atoms with Crippen LogP contribution in [0.3, 0.4) is 0 Å². The van der Waals surface area contributed by atoms with Gasteiger partial charge in [0.2, 0.25) is 15.8 Å². The SMILES string of the molecule is CCOc1ccccc1-c1noc(COC(=O)c2cccc(S(=O)(=O)N3CCOCC3)c2)n1. The van der Waals surface area contributed by atoms with Crippen LogP contribution in [0.15, 0.2) is 57.9 Å². The first-order chi connectivity index (χ1) is 16.0. The molecule has 0 radical (unpaired) electrons. The van der Waals surface area contributed by atoms with Crippen molar-refractivity contribution in [1.29, 1.82) is 0 Å². The summed E-state index contributed by atoms with van der Waals surface area (Å²) < 4.78 is 48.2. The molecule has 0 atom stereocenters. The molecule has 4 rings (SSSR count). The maximum Gasteiger partial charge on any atom is 0.338 e. The first kappa shape index (κ1) is 22.9. The molecule has 0 aliphatic carbocycles. The van der Waals surface area contributed by atoms with E-state index in [4.69, 9.17) is 18.7 Å². The highest BCUT2D eigenvalue weighted by Gasteiger charge is 2.27. The van der Waals surface area contributed by atoms with Gasteiger partial charge in [-0.05, 0) is 37.3 Å². The fourth-order valence-electron chi connectivity index (χ4n) is 3.29. The lowest BCUT2D eigenvalue weighted by atomic mass is 10.2. The number of benzene rings is 2. The maximum atomic E-state index is 12.8. The minimum absolute atomic E-state index is 0.0199. The second kappa shape index (κ2) is 10.1. The van der Waals surface area contributed by atoms with Crippen LogP contribution in [0.1, 0.15) is 23.2 Å². The summed E-state index contributed by atoms with van der Waals surface area (Å²) in [6, 6.07) is 13.0. The predicted octanol–water partition coefficient (Wildman–Crippen LogP) is 2.51. The highest BCUT2D eigenvalue weighted by Crippen LogP contribution is 2.27. The van der Waals surface area contributed by atoms with E-state index >= 15 is 0 Å². The van der Waals surface area contributed by atoms with Gasteiger partial charge in [-0.1, -0.05) is 23.4 Å². The van der Waals surface area contributed by atoms with Crippen molar-refractivity contribution in [2.24, 2.45) is 0 Å². The lowest BCUT2D eigenvalue weighted by Gasteiger charge is -2.26. The van der Waals surface area contributed by atoms with E-state index in [9.17, 15) is 13.2 Å². The lowest BCUT2D eigenvalue weighted by Crippen LogP contribution is -2.40. The number of carbonyl (C=O) groups excluding carboxylic acids is 1. The number of esters is 1. The van der Waals surface area contributed by atoms with Crippen LogP contribution in [0.25, 0.3) is 11.4 Å². The van der Waals surface area contributed by atoms with Crippen LogP contribution < -0.4 is 4.74 Å². The number of rotatable bonds is 8. The molecule has 3 aromatic rings. The second-order valence-electron chi connectivity index (χ2n) is 7.06. The van der Waals surface area contributed by atoms with Gasteiger partial charge < -0.3 is 18.7 Å². The minimum atomic E-state index is -3.73. The number of nitrogens with zero attached hydrogens (tertiary/aromatic N) is 3. The number of sulfonamides is 1. The highest BCUT2D eigenvalue weighted by molar-refractivity contribution is 7.89. The molecule has 1 fully saturated rings. The van der Waals surface area contributed by atoms with E-state index in [0.29, 0.717) is 37.0 Å². The Kier molecular flexibility index (Phi) is 7.02. The van der Waals surface area contributed by atoms with Gasteiger partial charge >= 0.3 is 5.97 Å². The summed E-state index contributed by atoms with van der Waals surface area (Å²) in [4.78, 5) is 16.8. The van der Waals surface area contributed by atoms with Crippen molar-refractivity contribution in [1.82, 2.24) is 14.4 Å². The topological polar surface area (TPSA) is 121 Å². The summed E-state index contributed by atoms with van der Waals surface area (Å²) in [6.07, 6.45) is 0. The fourth-order valence-corrected chi connectivity index (χ4v) is 4.74. The Labute approximate surface area is 191 Å². The van der Waals surface area contributed by atoms with Crippen LogP contribution in [0.4, 0.5) is 0 Å². The zero-order chi connectivity index (χ0) is 23.3. The van der Waals surface area contributed by atoms with Crippen LogP contribution in [0, 0.1) is 0 Å². The molecule has 0 saturated carbocycles. The summed E-state index contributed by atoms with van der Waals surface area (Å²) in [6.45, 7) is 3.30. The fraction of sp³-hybridized carbons (Fsp3) is 0.318. The van der Waals surface area contributed by atoms with Gasteiger partial charge in [0.1, 0.15) is 5.75 Å². The van der Waals surface area contributed by atoms with Gasteiger partial charge in [-0.25, -0.2) is 13.2 Å². The third-order valence-corrected chi connectivity index (χ3v) is 6.79.